The molecule has 0 aliphatic rings. The van der Waals surface area contributed by atoms with E-state index >= 15 is 0 Å². The zero-order valence-electron chi connectivity index (χ0n) is 12.4. The van der Waals surface area contributed by atoms with Gasteiger partial charge in [0.1, 0.15) is 4.83 Å². The fraction of sp³-hybridized carbons (Fsp3) is 0.188. The summed E-state index contributed by atoms with van der Waals surface area (Å²) in [4.78, 5) is 38.8. The van der Waals surface area contributed by atoms with Crippen LogP contribution >= 0.6 is 11.3 Å². The lowest BCUT2D eigenvalue weighted by molar-refractivity contribution is 0.0936. The Kier molecular flexibility index (Phi) is 3.33. The molecule has 0 atom stereocenters. The zero-order valence-corrected chi connectivity index (χ0v) is 13.2. The Morgan fingerprint density at radius 3 is 2.32 bits per heavy atom. The fourth-order valence-electron chi connectivity index (χ4n) is 2.49. The van der Waals surface area contributed by atoms with Gasteiger partial charge in [-0.1, -0.05) is 18.2 Å². The van der Waals surface area contributed by atoms with Gasteiger partial charge >= 0.3 is 5.69 Å². The van der Waals surface area contributed by atoms with Gasteiger partial charge in [0, 0.05) is 11.8 Å². The van der Waals surface area contributed by atoms with Crippen LogP contribution in [-0.4, -0.2) is 15.0 Å². The third kappa shape index (κ3) is 1.95. The third-order valence-electron chi connectivity index (χ3n) is 3.70. The van der Waals surface area contributed by atoms with E-state index in [1.54, 1.807) is 30.3 Å². The van der Waals surface area contributed by atoms with Crippen LogP contribution in [0, 0.1) is 13.8 Å². The highest BCUT2D eigenvalue weighted by atomic mass is 32.1. The first-order valence-corrected chi connectivity index (χ1v) is 7.59. The molecule has 0 amide bonds. The van der Waals surface area contributed by atoms with E-state index in [-0.39, 0.29) is 5.56 Å². The second-order valence-electron chi connectivity index (χ2n) is 5.08. The molecule has 1 aromatic carbocycles. The van der Waals surface area contributed by atoms with Crippen LogP contribution in [0.5, 0.6) is 0 Å². The highest BCUT2D eigenvalue weighted by molar-refractivity contribution is 7.18. The average molecular weight is 314 g/mol. The van der Waals surface area contributed by atoms with Crippen molar-refractivity contribution in [3.05, 3.63) is 61.6 Å². The van der Waals surface area contributed by atoms with Crippen LogP contribution in [0.2, 0.25) is 0 Å². The monoisotopic (exact) mass is 314 g/mol. The molecule has 3 rings (SSSR count). The number of carbonyl (C=O) groups excluding carboxylic acids is 1. The first-order chi connectivity index (χ1) is 10.4. The minimum absolute atomic E-state index is 0.384. The van der Waals surface area contributed by atoms with E-state index < -0.39 is 11.6 Å². The van der Waals surface area contributed by atoms with Gasteiger partial charge in [-0.3, -0.25) is 9.59 Å². The van der Waals surface area contributed by atoms with Crippen molar-refractivity contribution in [1.82, 2.24) is 9.13 Å². The molecule has 22 heavy (non-hydrogen) atoms. The second-order valence-corrected chi connectivity index (χ2v) is 6.28. The number of nitrogens with zero attached hydrogens (tertiary/aromatic N) is 2. The van der Waals surface area contributed by atoms with Crippen LogP contribution in [0.4, 0.5) is 0 Å². The van der Waals surface area contributed by atoms with E-state index in [2.05, 4.69) is 0 Å². The molecule has 0 aliphatic heterocycles. The molecular weight excluding hydrogens is 300 g/mol. The van der Waals surface area contributed by atoms with Crippen LogP contribution in [0.1, 0.15) is 22.2 Å². The molecule has 0 aliphatic carbocycles. The minimum atomic E-state index is -0.627. The van der Waals surface area contributed by atoms with E-state index in [0.29, 0.717) is 15.9 Å². The predicted molar refractivity (Wildman–Crippen MR) is 87.5 cm³/mol. The van der Waals surface area contributed by atoms with Crippen LogP contribution in [0.3, 0.4) is 0 Å². The van der Waals surface area contributed by atoms with E-state index in [1.165, 1.54) is 18.3 Å². The van der Waals surface area contributed by atoms with Crippen LogP contribution < -0.4 is 11.2 Å². The first kappa shape index (κ1) is 14.5. The number of aryl methyl sites for hydroxylation is 2. The molecule has 2 aromatic heterocycles. The summed E-state index contributed by atoms with van der Waals surface area (Å²) < 4.78 is 2.14. The number of hydrogen-bond donors (Lipinski definition) is 0. The van der Waals surface area contributed by atoms with Gasteiger partial charge in [-0.2, -0.15) is 0 Å². The van der Waals surface area contributed by atoms with E-state index in [0.717, 1.165) is 19.6 Å². The van der Waals surface area contributed by atoms with Gasteiger partial charge in [-0.15, -0.1) is 11.3 Å². The van der Waals surface area contributed by atoms with Crippen molar-refractivity contribution < 1.29 is 4.79 Å². The zero-order chi connectivity index (χ0) is 16.0. The van der Waals surface area contributed by atoms with Gasteiger partial charge in [0.15, 0.2) is 0 Å². The summed E-state index contributed by atoms with van der Waals surface area (Å²) in [6, 6.07) is 8.64. The van der Waals surface area contributed by atoms with Crippen molar-refractivity contribution >= 4 is 27.5 Å². The van der Waals surface area contributed by atoms with Crippen molar-refractivity contribution in [1.29, 1.82) is 0 Å². The van der Waals surface area contributed by atoms with Crippen molar-refractivity contribution in [2.24, 2.45) is 0 Å². The Hall–Kier alpha value is -2.47. The molecule has 0 unspecified atom stereocenters. The number of aromatic nitrogens is 2. The van der Waals surface area contributed by atoms with Gasteiger partial charge in [0.2, 0.25) is 5.91 Å². The van der Waals surface area contributed by atoms with Gasteiger partial charge in [-0.25, -0.2) is 13.9 Å². The molecule has 112 valence electrons. The summed E-state index contributed by atoms with van der Waals surface area (Å²) >= 11 is 1.29. The predicted octanol–water partition coefficient (Wildman–Crippen LogP) is 2.49. The molecule has 0 N–H and O–H groups in total. The van der Waals surface area contributed by atoms with Gasteiger partial charge < -0.3 is 0 Å². The molecule has 0 bridgehead atoms. The number of para-hydroxylation sites is 1. The Morgan fingerprint density at radius 2 is 1.73 bits per heavy atom. The minimum Gasteiger partial charge on any atom is -0.274 e. The summed E-state index contributed by atoms with van der Waals surface area (Å²) in [5, 5.41) is 0.432. The van der Waals surface area contributed by atoms with E-state index in [9.17, 15) is 14.4 Å². The lowest BCUT2D eigenvalue weighted by Crippen LogP contribution is -2.40. The maximum atomic E-state index is 12.8. The van der Waals surface area contributed by atoms with E-state index in [1.807, 2.05) is 13.8 Å². The molecule has 0 spiro atoms. The Morgan fingerprint density at radius 1 is 1.09 bits per heavy atom. The lowest BCUT2D eigenvalue weighted by Gasteiger charge is -2.09. The van der Waals surface area contributed by atoms with Crippen molar-refractivity contribution in [3.63, 3.8) is 0 Å². The molecule has 0 saturated carbocycles. The average Bonchev–Trinajstić information content (AvgIpc) is 2.75. The van der Waals surface area contributed by atoms with Crippen molar-refractivity contribution in [3.8, 4) is 5.69 Å². The van der Waals surface area contributed by atoms with Crippen LogP contribution in [-0.2, 0) is 0 Å². The summed E-state index contributed by atoms with van der Waals surface area (Å²) in [5.74, 6) is -0.402. The van der Waals surface area contributed by atoms with Crippen molar-refractivity contribution in [2.45, 2.75) is 20.8 Å². The van der Waals surface area contributed by atoms with Crippen molar-refractivity contribution in [2.75, 3.05) is 0 Å². The standard InChI is InChI=1S/C16H14N2O3S/c1-9-10(2)22-15-13(9)14(20)18(12-7-5-4-6-8-12)16(21)17(15)11(3)19/h4-8H,1-3H3. The topological polar surface area (TPSA) is 61.1 Å². The lowest BCUT2D eigenvalue weighted by atomic mass is 10.2. The normalized spacial score (nSPS) is 11.0. The molecule has 6 heteroatoms. The molecule has 5 nitrogen and oxygen atoms in total. The largest absolute Gasteiger partial charge is 0.343 e. The smallest absolute Gasteiger partial charge is 0.274 e. The molecule has 0 fully saturated rings. The number of thiophene rings is 1. The SMILES string of the molecule is CC(=O)n1c(=O)n(-c2ccccc2)c(=O)c2c(C)c(C)sc21. The van der Waals surface area contributed by atoms with Crippen LogP contribution in [0.25, 0.3) is 15.9 Å². The highest BCUT2D eigenvalue weighted by Crippen LogP contribution is 2.26. The quantitative estimate of drug-likeness (QED) is 0.693. The summed E-state index contributed by atoms with van der Waals surface area (Å²) in [7, 11) is 0. The Balaban J connectivity index is 2.60. The molecule has 2 heterocycles. The number of benzene rings is 1. The Bertz CT molecular complexity index is 1010. The fourth-order valence-corrected chi connectivity index (χ4v) is 3.67. The van der Waals surface area contributed by atoms with Crippen LogP contribution in [0.15, 0.2) is 39.9 Å². The maximum Gasteiger partial charge on any atom is 0.343 e. The van der Waals surface area contributed by atoms with E-state index in [4.69, 9.17) is 0 Å². The first-order valence-electron chi connectivity index (χ1n) is 6.77. The molecular formula is C16H14N2O3S. The molecule has 0 saturated heterocycles. The second kappa shape index (κ2) is 5.06. The molecule has 0 radical (unpaired) electrons. The van der Waals surface area contributed by atoms with Gasteiger partial charge in [0.25, 0.3) is 5.56 Å². The number of fused-ring (bicyclic) bond motifs is 1. The number of rotatable bonds is 1. The van der Waals surface area contributed by atoms with Gasteiger partial charge in [0.05, 0.1) is 11.1 Å². The Labute approximate surface area is 130 Å². The summed E-state index contributed by atoms with van der Waals surface area (Å²) in [6.45, 7) is 5.03. The third-order valence-corrected chi connectivity index (χ3v) is 4.89. The summed E-state index contributed by atoms with van der Waals surface area (Å²) in [6.07, 6.45) is 0. The van der Waals surface area contributed by atoms with Gasteiger partial charge in [-0.05, 0) is 31.5 Å². The maximum absolute atomic E-state index is 12.8. The highest BCUT2D eigenvalue weighted by Gasteiger charge is 2.21. The summed E-state index contributed by atoms with van der Waals surface area (Å²) in [5.41, 5.74) is 0.255. The molecule has 3 aromatic rings. The number of hydrogen-bond acceptors (Lipinski definition) is 4. The number of carbonyl (C=O) groups is 1.